The highest BCUT2D eigenvalue weighted by atomic mass is 32.2. The SMILES string of the molecule is CCC(C)C(NC(=O)C(N)CCC(N)=O)C(=O)NC(CCSC)C(=O)NC(CC(N)=O)C(=O)O. The lowest BCUT2D eigenvalue weighted by atomic mass is 9.97. The Hall–Kier alpha value is -2.87. The normalized spacial score (nSPS) is 15.2. The predicted octanol–water partition coefficient (Wildman–Crippen LogP) is -2.21. The van der Waals surface area contributed by atoms with Crippen LogP contribution in [0.3, 0.4) is 0 Å². The number of aliphatic carboxylic acids is 1. The van der Waals surface area contributed by atoms with Crippen molar-refractivity contribution in [3.05, 3.63) is 0 Å². The quantitative estimate of drug-likeness (QED) is 0.113. The molecule has 0 heterocycles. The summed E-state index contributed by atoms with van der Waals surface area (Å²) in [5.41, 5.74) is 15.9. The second-order valence-corrected chi connectivity index (χ2v) is 8.88. The Morgan fingerprint density at radius 1 is 0.882 bits per heavy atom. The smallest absolute Gasteiger partial charge is 0.326 e. The maximum absolute atomic E-state index is 13.0. The molecule has 10 N–H and O–H groups in total. The van der Waals surface area contributed by atoms with Crippen molar-refractivity contribution in [3.63, 3.8) is 0 Å². The van der Waals surface area contributed by atoms with Crippen LogP contribution in [0.5, 0.6) is 0 Å². The second kappa shape index (κ2) is 15.9. The molecule has 0 bridgehead atoms. The molecule has 0 aromatic heterocycles. The molecule has 0 radical (unpaired) electrons. The van der Waals surface area contributed by atoms with Gasteiger partial charge in [-0.15, -0.1) is 0 Å². The van der Waals surface area contributed by atoms with Crippen molar-refractivity contribution < 1.29 is 33.9 Å². The highest BCUT2D eigenvalue weighted by molar-refractivity contribution is 7.98. The molecular formula is C20H36N6O7S. The third-order valence-corrected chi connectivity index (χ3v) is 5.74. The Kier molecular flexibility index (Phi) is 14.5. The molecule has 14 heteroatoms. The van der Waals surface area contributed by atoms with Crippen LogP contribution in [0.4, 0.5) is 0 Å². The summed E-state index contributed by atoms with van der Waals surface area (Å²) in [6.07, 6.45) is 1.77. The molecule has 194 valence electrons. The standard InChI is InChI=1S/C20H36N6O7S/c1-4-10(2)16(26-17(29)11(21)5-6-14(22)27)19(31)24-12(7-8-34-3)18(30)25-13(20(32)33)9-15(23)28/h10-13,16H,4-9,21H2,1-3H3,(H2,22,27)(H2,23,28)(H,24,31)(H,25,30)(H,26,29)(H,32,33). The Morgan fingerprint density at radius 3 is 1.94 bits per heavy atom. The lowest BCUT2D eigenvalue weighted by Crippen LogP contribution is -2.59. The van der Waals surface area contributed by atoms with Gasteiger partial charge in [0.05, 0.1) is 12.5 Å². The van der Waals surface area contributed by atoms with Crippen LogP contribution in [0.2, 0.25) is 0 Å². The molecule has 0 aliphatic carbocycles. The van der Waals surface area contributed by atoms with Gasteiger partial charge in [0.1, 0.15) is 18.1 Å². The van der Waals surface area contributed by atoms with Crippen molar-refractivity contribution in [2.75, 3.05) is 12.0 Å². The number of carbonyl (C=O) groups excluding carboxylic acids is 5. The van der Waals surface area contributed by atoms with Gasteiger partial charge in [-0.2, -0.15) is 11.8 Å². The number of nitrogens with two attached hydrogens (primary N) is 3. The molecule has 0 spiro atoms. The molecular weight excluding hydrogens is 468 g/mol. The number of primary amides is 2. The van der Waals surface area contributed by atoms with Crippen LogP contribution >= 0.6 is 11.8 Å². The number of rotatable bonds is 17. The fraction of sp³-hybridized carbons (Fsp3) is 0.700. The van der Waals surface area contributed by atoms with E-state index in [-0.39, 0.29) is 25.2 Å². The molecule has 5 amide bonds. The van der Waals surface area contributed by atoms with Gasteiger partial charge >= 0.3 is 5.97 Å². The zero-order valence-electron chi connectivity index (χ0n) is 19.7. The van der Waals surface area contributed by atoms with Crippen LogP contribution in [-0.4, -0.2) is 76.8 Å². The fourth-order valence-corrected chi connectivity index (χ4v) is 3.30. The van der Waals surface area contributed by atoms with E-state index in [0.717, 1.165) is 0 Å². The Morgan fingerprint density at radius 2 is 1.47 bits per heavy atom. The number of carbonyl (C=O) groups is 6. The molecule has 34 heavy (non-hydrogen) atoms. The van der Waals surface area contributed by atoms with Crippen LogP contribution in [0, 0.1) is 5.92 Å². The maximum atomic E-state index is 13.0. The third-order valence-electron chi connectivity index (χ3n) is 5.10. The summed E-state index contributed by atoms with van der Waals surface area (Å²) in [7, 11) is 0. The first-order chi connectivity index (χ1) is 15.8. The minimum Gasteiger partial charge on any atom is -0.480 e. The number of carboxylic acids is 1. The first-order valence-corrected chi connectivity index (χ1v) is 12.2. The minimum absolute atomic E-state index is 0.00516. The van der Waals surface area contributed by atoms with Gasteiger partial charge in [0.15, 0.2) is 0 Å². The fourth-order valence-electron chi connectivity index (χ4n) is 2.83. The zero-order valence-corrected chi connectivity index (χ0v) is 20.5. The van der Waals surface area contributed by atoms with Crippen molar-refractivity contribution in [1.29, 1.82) is 0 Å². The first kappa shape index (κ1) is 31.1. The average Bonchev–Trinajstić information content (AvgIpc) is 2.76. The number of hydrogen-bond acceptors (Lipinski definition) is 8. The summed E-state index contributed by atoms with van der Waals surface area (Å²) < 4.78 is 0. The van der Waals surface area contributed by atoms with E-state index in [4.69, 9.17) is 17.2 Å². The van der Waals surface area contributed by atoms with E-state index in [1.54, 1.807) is 13.2 Å². The highest BCUT2D eigenvalue weighted by Crippen LogP contribution is 2.11. The Labute approximate surface area is 202 Å². The van der Waals surface area contributed by atoms with Gasteiger partial charge in [0, 0.05) is 6.42 Å². The van der Waals surface area contributed by atoms with Crippen molar-refractivity contribution in [2.45, 2.75) is 70.1 Å². The molecule has 0 fully saturated rings. The second-order valence-electron chi connectivity index (χ2n) is 7.90. The molecule has 0 rings (SSSR count). The van der Waals surface area contributed by atoms with Gasteiger partial charge in [0.2, 0.25) is 29.5 Å². The van der Waals surface area contributed by atoms with E-state index >= 15 is 0 Å². The maximum Gasteiger partial charge on any atom is 0.326 e. The van der Waals surface area contributed by atoms with Gasteiger partial charge in [-0.05, 0) is 30.8 Å². The molecule has 13 nitrogen and oxygen atoms in total. The first-order valence-electron chi connectivity index (χ1n) is 10.8. The van der Waals surface area contributed by atoms with Crippen LogP contribution < -0.4 is 33.2 Å². The summed E-state index contributed by atoms with van der Waals surface area (Å²) in [5.74, 6) is -4.96. The van der Waals surface area contributed by atoms with Crippen molar-refractivity contribution in [2.24, 2.45) is 23.1 Å². The number of amides is 5. The van der Waals surface area contributed by atoms with Crippen LogP contribution in [0.25, 0.3) is 0 Å². The molecule has 0 saturated heterocycles. The largest absolute Gasteiger partial charge is 0.480 e. The summed E-state index contributed by atoms with van der Waals surface area (Å²) in [4.78, 5) is 71.6. The summed E-state index contributed by atoms with van der Waals surface area (Å²) >= 11 is 1.41. The molecule has 0 aromatic carbocycles. The number of thioether (sulfide) groups is 1. The van der Waals surface area contributed by atoms with Crippen LogP contribution in [0.15, 0.2) is 0 Å². The monoisotopic (exact) mass is 504 g/mol. The topological polar surface area (TPSA) is 237 Å². The van der Waals surface area contributed by atoms with Crippen molar-refractivity contribution >= 4 is 47.3 Å². The van der Waals surface area contributed by atoms with Crippen molar-refractivity contribution in [3.8, 4) is 0 Å². The number of carboxylic acid groups (broad SMARTS) is 1. The molecule has 5 unspecified atom stereocenters. The zero-order chi connectivity index (χ0) is 26.4. The van der Waals surface area contributed by atoms with Gasteiger partial charge in [-0.3, -0.25) is 24.0 Å². The van der Waals surface area contributed by atoms with Crippen LogP contribution in [0.1, 0.15) is 46.0 Å². The Bertz CT molecular complexity index is 751. The molecule has 0 saturated carbocycles. The number of hydrogen-bond donors (Lipinski definition) is 7. The number of nitrogens with one attached hydrogen (secondary N) is 3. The molecule has 5 atom stereocenters. The van der Waals surface area contributed by atoms with Gasteiger partial charge in [0.25, 0.3) is 0 Å². The minimum atomic E-state index is -1.55. The van der Waals surface area contributed by atoms with Gasteiger partial charge in [-0.1, -0.05) is 20.3 Å². The van der Waals surface area contributed by atoms with E-state index in [2.05, 4.69) is 16.0 Å². The van der Waals surface area contributed by atoms with Gasteiger partial charge < -0.3 is 38.3 Å². The summed E-state index contributed by atoms with van der Waals surface area (Å²) in [6, 6.07) is -4.77. The van der Waals surface area contributed by atoms with E-state index < -0.39 is 66.1 Å². The van der Waals surface area contributed by atoms with E-state index in [9.17, 15) is 33.9 Å². The Balaban J connectivity index is 5.50. The average molecular weight is 505 g/mol. The summed E-state index contributed by atoms with van der Waals surface area (Å²) in [6.45, 7) is 3.53. The van der Waals surface area contributed by atoms with Crippen molar-refractivity contribution in [1.82, 2.24) is 16.0 Å². The third kappa shape index (κ3) is 11.8. The predicted molar refractivity (Wildman–Crippen MR) is 126 cm³/mol. The van der Waals surface area contributed by atoms with E-state index in [0.29, 0.717) is 12.2 Å². The molecule has 0 aliphatic heterocycles. The highest BCUT2D eigenvalue weighted by Gasteiger charge is 2.32. The van der Waals surface area contributed by atoms with Gasteiger partial charge in [-0.25, -0.2) is 4.79 Å². The lowest BCUT2D eigenvalue weighted by molar-refractivity contribution is -0.143. The van der Waals surface area contributed by atoms with E-state index in [1.807, 2.05) is 6.92 Å². The summed E-state index contributed by atoms with van der Waals surface area (Å²) in [5, 5.41) is 16.6. The van der Waals surface area contributed by atoms with Crippen LogP contribution in [-0.2, 0) is 28.8 Å². The van der Waals surface area contributed by atoms with E-state index in [1.165, 1.54) is 11.8 Å². The lowest BCUT2D eigenvalue weighted by Gasteiger charge is -2.28. The molecule has 0 aliphatic rings. The molecule has 0 aromatic rings.